The monoisotopic (exact) mass is 502 g/mol. The molecule has 154 valence electrons. The first-order valence-corrected chi connectivity index (χ1v) is 15.9. The largest absolute Gasteiger partial charge is 0.168 e. The molecule has 0 aliphatic heterocycles. The van der Waals surface area contributed by atoms with E-state index in [2.05, 4.69) is 146 Å². The molecular formula is C30H24SiZr-2. The number of benzene rings is 4. The fraction of sp³-hybridized carbons (Fsp3) is 0. The van der Waals surface area contributed by atoms with Gasteiger partial charge in [0.2, 0.25) is 0 Å². The quantitative estimate of drug-likeness (QED) is 0.188. The summed E-state index contributed by atoms with van der Waals surface area (Å²) in [6, 6.07) is 51.0. The molecule has 6 aromatic carbocycles. The van der Waals surface area contributed by atoms with Crippen molar-refractivity contribution in [3.63, 3.8) is 0 Å². The van der Waals surface area contributed by atoms with Gasteiger partial charge in [0.15, 0.2) is 0 Å². The molecular weight excluding hydrogens is 480 g/mol. The van der Waals surface area contributed by atoms with E-state index >= 15 is 0 Å². The fourth-order valence-electron chi connectivity index (χ4n) is 3.52. The molecule has 0 nitrogen and oxygen atoms in total. The van der Waals surface area contributed by atoms with Gasteiger partial charge in [0, 0.05) is 0 Å². The topological polar surface area (TPSA) is 0 Å². The van der Waals surface area contributed by atoms with Crippen LogP contribution >= 0.6 is 0 Å². The summed E-state index contributed by atoms with van der Waals surface area (Å²) in [5.74, 6) is 0. The van der Waals surface area contributed by atoms with Crippen molar-refractivity contribution < 1.29 is 23.3 Å². The second kappa shape index (κ2) is 11.7. The van der Waals surface area contributed by atoms with Crippen molar-refractivity contribution in [2.24, 2.45) is 0 Å². The van der Waals surface area contributed by atoms with Gasteiger partial charge in [0.1, 0.15) is 0 Å². The van der Waals surface area contributed by atoms with E-state index < -0.39 is 5.43 Å². The van der Waals surface area contributed by atoms with Gasteiger partial charge in [-0.3, -0.25) is 0 Å². The average molecular weight is 504 g/mol. The Bertz CT molecular complexity index is 1210. The van der Waals surface area contributed by atoms with Gasteiger partial charge in [-0.15, -0.1) is 59.3 Å². The van der Waals surface area contributed by atoms with Gasteiger partial charge in [0.05, 0.1) is 0 Å². The minimum atomic E-state index is -0.455. The molecule has 0 amide bonds. The number of hydrogen-bond acceptors (Lipinski definition) is 0. The summed E-state index contributed by atoms with van der Waals surface area (Å²) in [6.07, 6.45) is 0. The number of fused-ring (bicyclic) bond motifs is 2. The van der Waals surface area contributed by atoms with Crippen molar-refractivity contribution in [2.45, 2.75) is 0 Å². The third kappa shape index (κ3) is 6.13. The van der Waals surface area contributed by atoms with Gasteiger partial charge in [-0.1, -0.05) is 12.1 Å². The Hall–Kier alpha value is -2.80. The van der Waals surface area contributed by atoms with Crippen LogP contribution in [-0.4, -0.2) is 5.43 Å². The molecule has 0 saturated heterocycles. The molecule has 0 fully saturated rings. The van der Waals surface area contributed by atoms with Crippen molar-refractivity contribution in [1.82, 2.24) is 0 Å². The molecule has 0 saturated carbocycles. The van der Waals surface area contributed by atoms with Gasteiger partial charge in [0.25, 0.3) is 0 Å². The van der Waals surface area contributed by atoms with Crippen LogP contribution in [0.3, 0.4) is 0 Å². The smallest absolute Gasteiger partial charge is 0.0809 e. The zero-order chi connectivity index (χ0) is 22.0. The standard InChI is InChI=1S/C12H10Si.2C9H7.Zr/c1-3-7-11(8-4-1)13-12-9-5-2-6-10-12;2*1-2-5-9-7-3-6-8(9)4-1;/h1-10H;2*1-7H;/q;2*-1;. The normalized spacial score (nSPS) is 9.97. The molecule has 2 heteroatoms. The minimum Gasteiger partial charge on any atom is -0.168 e. The Kier molecular flexibility index (Phi) is 8.20. The molecule has 0 aliphatic rings. The summed E-state index contributed by atoms with van der Waals surface area (Å²) >= 11 is 1.64. The van der Waals surface area contributed by atoms with Gasteiger partial charge in [-0.2, -0.15) is 35.0 Å². The Balaban J connectivity index is 0.000000119. The molecule has 0 heterocycles. The third-order valence-corrected chi connectivity index (χ3v) is 11.3. The number of hydrogen-bond donors (Lipinski definition) is 0. The van der Waals surface area contributed by atoms with Crippen LogP contribution in [0, 0.1) is 0 Å². The molecule has 6 rings (SSSR count). The van der Waals surface area contributed by atoms with E-state index in [-0.39, 0.29) is 0 Å². The third-order valence-electron chi connectivity index (χ3n) is 5.22. The first-order chi connectivity index (χ1) is 15.8. The van der Waals surface area contributed by atoms with E-state index in [0.29, 0.717) is 0 Å². The van der Waals surface area contributed by atoms with Gasteiger partial charge in [-0.05, 0) is 0 Å². The molecule has 32 heavy (non-hydrogen) atoms. The predicted octanol–water partition coefficient (Wildman–Crippen LogP) is 6.46. The van der Waals surface area contributed by atoms with Crippen molar-refractivity contribution in [3.05, 3.63) is 146 Å². The maximum atomic E-state index is 2.25. The molecule has 0 bridgehead atoms. The summed E-state index contributed by atoms with van der Waals surface area (Å²) in [5, 5.41) is 8.36. The van der Waals surface area contributed by atoms with Gasteiger partial charge >= 0.3 is 99.8 Å². The second-order valence-electron chi connectivity index (χ2n) is 7.42. The van der Waals surface area contributed by atoms with Crippen LogP contribution < -0.4 is 10.4 Å². The summed E-state index contributed by atoms with van der Waals surface area (Å²) in [7, 11) is 0. The zero-order valence-electron chi connectivity index (χ0n) is 17.9. The number of rotatable bonds is 2. The molecule has 0 aromatic heterocycles. The van der Waals surface area contributed by atoms with Crippen molar-refractivity contribution in [3.8, 4) is 0 Å². The second-order valence-corrected chi connectivity index (χ2v) is 13.0. The van der Waals surface area contributed by atoms with Crippen LogP contribution in [-0.2, 0) is 23.3 Å². The van der Waals surface area contributed by atoms with E-state index in [4.69, 9.17) is 0 Å². The average Bonchev–Trinajstić information content (AvgIpc) is 3.55. The summed E-state index contributed by atoms with van der Waals surface area (Å²) < 4.78 is 0. The molecule has 6 aromatic rings. The van der Waals surface area contributed by atoms with Gasteiger partial charge < -0.3 is 0 Å². The molecule has 0 spiro atoms. The maximum Gasteiger partial charge on any atom is -0.0809 e. The van der Waals surface area contributed by atoms with Crippen LogP contribution in [0.15, 0.2) is 146 Å². The van der Waals surface area contributed by atoms with E-state index in [9.17, 15) is 0 Å². The Morgan fingerprint density at radius 3 is 1.22 bits per heavy atom. The van der Waals surface area contributed by atoms with Crippen LogP contribution in [0.5, 0.6) is 0 Å². The van der Waals surface area contributed by atoms with E-state index in [1.165, 1.54) is 31.9 Å². The van der Waals surface area contributed by atoms with Crippen LogP contribution in [0.1, 0.15) is 0 Å². The molecule has 0 unspecified atom stereocenters. The maximum absolute atomic E-state index is 2.25. The predicted molar refractivity (Wildman–Crippen MR) is 137 cm³/mol. The van der Waals surface area contributed by atoms with E-state index in [1.54, 1.807) is 23.3 Å². The first kappa shape index (κ1) is 22.4. The molecule has 0 N–H and O–H groups in total. The van der Waals surface area contributed by atoms with Crippen molar-refractivity contribution >= 4 is 37.4 Å². The van der Waals surface area contributed by atoms with Crippen LogP contribution in [0.2, 0.25) is 0 Å². The summed E-state index contributed by atoms with van der Waals surface area (Å²) in [5.41, 5.74) is -0.455. The summed E-state index contributed by atoms with van der Waals surface area (Å²) in [4.78, 5) is 0. The summed E-state index contributed by atoms with van der Waals surface area (Å²) in [6.45, 7) is 0. The first-order valence-electron chi connectivity index (χ1n) is 10.7. The van der Waals surface area contributed by atoms with E-state index in [0.717, 1.165) is 0 Å². The zero-order valence-corrected chi connectivity index (χ0v) is 21.3. The Morgan fingerprint density at radius 2 is 0.812 bits per heavy atom. The Labute approximate surface area is 205 Å². The SMILES string of the molecule is [Zr]=[Si](c1ccccc1)c1ccccc1.c1ccc2[cH-]ccc2c1.c1ccc2[cH-]ccc2c1. The molecule has 0 aliphatic carbocycles. The molecule has 0 atom stereocenters. The van der Waals surface area contributed by atoms with Crippen LogP contribution in [0.4, 0.5) is 0 Å². The van der Waals surface area contributed by atoms with Crippen molar-refractivity contribution in [1.29, 1.82) is 0 Å². The van der Waals surface area contributed by atoms with Crippen LogP contribution in [0.25, 0.3) is 21.5 Å². The Morgan fingerprint density at radius 1 is 0.438 bits per heavy atom. The minimum absolute atomic E-state index is 0.455. The fourth-order valence-corrected chi connectivity index (χ4v) is 7.36. The van der Waals surface area contributed by atoms with E-state index in [1.807, 2.05) is 0 Å². The van der Waals surface area contributed by atoms with Gasteiger partial charge in [-0.25, -0.2) is 0 Å². The van der Waals surface area contributed by atoms with Crippen molar-refractivity contribution in [2.75, 3.05) is 0 Å². The molecule has 0 radical (unpaired) electrons.